The highest BCUT2D eigenvalue weighted by Crippen LogP contribution is 2.28. The fraction of sp³-hybridized carbons (Fsp3) is 0.273. The molecule has 1 fully saturated rings. The van der Waals surface area contributed by atoms with Crippen LogP contribution in [0.25, 0.3) is 0 Å². The van der Waals surface area contributed by atoms with E-state index in [4.69, 9.17) is 0 Å². The van der Waals surface area contributed by atoms with E-state index in [9.17, 15) is 9.59 Å². The summed E-state index contributed by atoms with van der Waals surface area (Å²) in [6.45, 7) is 5.14. The molecule has 1 aliphatic rings. The van der Waals surface area contributed by atoms with Gasteiger partial charge in [0.15, 0.2) is 0 Å². The molecule has 1 unspecified atom stereocenters. The molecular formula is C22H23N5O2. The molecule has 4 rings (SSSR count). The molecule has 0 bridgehead atoms. The van der Waals surface area contributed by atoms with E-state index < -0.39 is 5.92 Å². The first kappa shape index (κ1) is 18.9. The summed E-state index contributed by atoms with van der Waals surface area (Å²) < 4.78 is 1.74. The van der Waals surface area contributed by atoms with E-state index in [2.05, 4.69) is 21.5 Å². The van der Waals surface area contributed by atoms with Crippen LogP contribution in [0, 0.1) is 19.8 Å². The lowest BCUT2D eigenvalue weighted by Gasteiger charge is -2.18. The maximum Gasteiger partial charge on any atom is 0.239 e. The van der Waals surface area contributed by atoms with Gasteiger partial charge < -0.3 is 10.2 Å². The van der Waals surface area contributed by atoms with Crippen LogP contribution in [0.1, 0.15) is 23.1 Å². The summed E-state index contributed by atoms with van der Waals surface area (Å²) in [6.07, 6.45) is 7.33. The Bertz CT molecular complexity index is 1020. The summed E-state index contributed by atoms with van der Waals surface area (Å²) in [5.74, 6) is -1.12. The largest absolute Gasteiger partial charge is 0.323 e. The van der Waals surface area contributed by atoms with E-state index in [1.807, 2.05) is 38.1 Å². The third kappa shape index (κ3) is 4.18. The molecule has 3 aromatic rings. The summed E-state index contributed by atoms with van der Waals surface area (Å²) in [4.78, 5) is 31.2. The molecule has 1 aromatic carbocycles. The van der Waals surface area contributed by atoms with E-state index in [0.29, 0.717) is 25.2 Å². The SMILES string of the molecule is Cc1cc(C)cc(N2CCC(C(=O)Nc3cnn(Cc4ccncc4)c3)C2=O)c1. The highest BCUT2D eigenvalue weighted by Gasteiger charge is 2.37. The molecule has 148 valence electrons. The van der Waals surface area contributed by atoms with Crippen LogP contribution in [0.15, 0.2) is 55.1 Å². The zero-order valence-corrected chi connectivity index (χ0v) is 16.5. The molecule has 7 nitrogen and oxygen atoms in total. The van der Waals surface area contributed by atoms with Gasteiger partial charge in [-0.25, -0.2) is 0 Å². The average molecular weight is 389 g/mol. The van der Waals surface area contributed by atoms with Gasteiger partial charge in [0, 0.05) is 30.8 Å². The van der Waals surface area contributed by atoms with Gasteiger partial charge in [0.25, 0.3) is 0 Å². The number of benzene rings is 1. The van der Waals surface area contributed by atoms with Crippen molar-refractivity contribution in [3.63, 3.8) is 0 Å². The van der Waals surface area contributed by atoms with Crippen molar-refractivity contribution in [2.24, 2.45) is 5.92 Å². The monoisotopic (exact) mass is 389 g/mol. The lowest BCUT2D eigenvalue weighted by Crippen LogP contribution is -2.33. The number of carbonyl (C=O) groups excluding carboxylic acids is 2. The van der Waals surface area contributed by atoms with Crippen molar-refractivity contribution in [3.05, 3.63) is 71.8 Å². The summed E-state index contributed by atoms with van der Waals surface area (Å²) in [5.41, 5.74) is 4.70. The number of rotatable bonds is 5. The smallest absolute Gasteiger partial charge is 0.239 e. The Hall–Kier alpha value is -3.48. The van der Waals surface area contributed by atoms with Crippen molar-refractivity contribution < 1.29 is 9.59 Å². The van der Waals surface area contributed by atoms with Crippen molar-refractivity contribution >= 4 is 23.2 Å². The van der Waals surface area contributed by atoms with Crippen molar-refractivity contribution in [1.29, 1.82) is 0 Å². The first-order valence-corrected chi connectivity index (χ1v) is 9.61. The molecule has 7 heteroatoms. The molecule has 0 spiro atoms. The zero-order chi connectivity index (χ0) is 20.4. The number of hydrogen-bond acceptors (Lipinski definition) is 4. The van der Waals surface area contributed by atoms with Crippen LogP contribution in [0.3, 0.4) is 0 Å². The van der Waals surface area contributed by atoms with Gasteiger partial charge >= 0.3 is 0 Å². The van der Waals surface area contributed by atoms with Crippen LogP contribution in [0.5, 0.6) is 0 Å². The zero-order valence-electron chi connectivity index (χ0n) is 16.5. The minimum absolute atomic E-state index is 0.156. The van der Waals surface area contributed by atoms with Gasteiger partial charge in [-0.2, -0.15) is 5.10 Å². The summed E-state index contributed by atoms with van der Waals surface area (Å²) >= 11 is 0. The normalized spacial score (nSPS) is 16.3. The highest BCUT2D eigenvalue weighted by atomic mass is 16.2. The molecule has 2 aromatic heterocycles. The standard InChI is InChI=1S/C22H23N5O2/c1-15-9-16(2)11-19(10-15)27-8-5-20(22(27)29)21(28)25-18-12-24-26(14-18)13-17-3-6-23-7-4-17/h3-4,6-7,9-12,14,20H,5,8,13H2,1-2H3,(H,25,28). The maximum absolute atomic E-state index is 12.8. The van der Waals surface area contributed by atoms with Gasteiger partial charge in [0.05, 0.1) is 18.4 Å². The number of pyridine rings is 1. The van der Waals surface area contributed by atoms with Gasteiger partial charge in [-0.15, -0.1) is 0 Å². The molecule has 0 aliphatic carbocycles. The number of nitrogens with one attached hydrogen (secondary N) is 1. The van der Waals surface area contributed by atoms with Crippen LogP contribution < -0.4 is 10.2 Å². The predicted molar refractivity (Wildman–Crippen MR) is 111 cm³/mol. The van der Waals surface area contributed by atoms with Crippen molar-refractivity contribution in [2.45, 2.75) is 26.8 Å². The Kier molecular flexibility index (Phi) is 5.12. The Morgan fingerprint density at radius 3 is 2.62 bits per heavy atom. The van der Waals surface area contributed by atoms with E-state index in [0.717, 1.165) is 22.4 Å². The molecular weight excluding hydrogens is 366 g/mol. The first-order chi connectivity index (χ1) is 14.0. The third-order valence-corrected chi connectivity index (χ3v) is 5.03. The van der Waals surface area contributed by atoms with Crippen LogP contribution in [-0.2, 0) is 16.1 Å². The number of nitrogens with zero attached hydrogens (tertiary/aromatic N) is 4. The Labute approximate surface area is 169 Å². The number of anilines is 2. The topological polar surface area (TPSA) is 80.1 Å². The molecule has 3 heterocycles. The van der Waals surface area contributed by atoms with Crippen molar-refractivity contribution in [2.75, 3.05) is 16.8 Å². The predicted octanol–water partition coefficient (Wildman–Crippen LogP) is 2.93. The summed E-state index contributed by atoms with van der Waals surface area (Å²) in [7, 11) is 0. The molecule has 1 N–H and O–H groups in total. The summed E-state index contributed by atoms with van der Waals surface area (Å²) in [5, 5.41) is 7.11. The van der Waals surface area contributed by atoms with Gasteiger partial charge in [-0.05, 0) is 61.2 Å². The minimum atomic E-state index is -0.681. The Balaban J connectivity index is 1.41. The van der Waals surface area contributed by atoms with E-state index >= 15 is 0 Å². The Morgan fingerprint density at radius 1 is 1.17 bits per heavy atom. The van der Waals surface area contributed by atoms with Crippen LogP contribution in [0.4, 0.5) is 11.4 Å². The van der Waals surface area contributed by atoms with Crippen molar-refractivity contribution in [3.8, 4) is 0 Å². The molecule has 0 radical (unpaired) electrons. The second-order valence-electron chi connectivity index (χ2n) is 7.45. The average Bonchev–Trinajstić information content (AvgIpc) is 3.28. The third-order valence-electron chi connectivity index (χ3n) is 5.03. The fourth-order valence-corrected chi connectivity index (χ4v) is 3.71. The van der Waals surface area contributed by atoms with Gasteiger partial charge in [-0.3, -0.25) is 19.3 Å². The van der Waals surface area contributed by atoms with Gasteiger partial charge in [0.1, 0.15) is 5.92 Å². The molecule has 1 aliphatic heterocycles. The number of aromatic nitrogens is 3. The lowest BCUT2D eigenvalue weighted by molar-refractivity contribution is -0.129. The summed E-state index contributed by atoms with van der Waals surface area (Å²) in [6, 6.07) is 9.86. The Morgan fingerprint density at radius 2 is 1.90 bits per heavy atom. The second-order valence-corrected chi connectivity index (χ2v) is 7.45. The molecule has 0 saturated carbocycles. The molecule has 2 amide bonds. The van der Waals surface area contributed by atoms with Gasteiger partial charge in [0.2, 0.25) is 11.8 Å². The minimum Gasteiger partial charge on any atom is -0.323 e. The lowest BCUT2D eigenvalue weighted by atomic mass is 10.1. The van der Waals surface area contributed by atoms with E-state index in [-0.39, 0.29) is 11.8 Å². The van der Waals surface area contributed by atoms with Gasteiger partial charge in [-0.1, -0.05) is 6.07 Å². The number of amides is 2. The molecule has 1 atom stereocenters. The molecule has 29 heavy (non-hydrogen) atoms. The maximum atomic E-state index is 12.8. The highest BCUT2D eigenvalue weighted by molar-refractivity contribution is 6.13. The van der Waals surface area contributed by atoms with Crippen LogP contribution >= 0.6 is 0 Å². The number of aryl methyl sites for hydroxylation is 2. The van der Waals surface area contributed by atoms with Crippen molar-refractivity contribution in [1.82, 2.24) is 14.8 Å². The van der Waals surface area contributed by atoms with Crippen LogP contribution in [-0.4, -0.2) is 33.1 Å². The molecule has 1 saturated heterocycles. The second kappa shape index (κ2) is 7.87. The van der Waals surface area contributed by atoms with E-state index in [1.54, 1.807) is 34.4 Å². The fourth-order valence-electron chi connectivity index (χ4n) is 3.71. The first-order valence-electron chi connectivity index (χ1n) is 9.61. The number of carbonyl (C=O) groups is 2. The number of hydrogen-bond donors (Lipinski definition) is 1. The van der Waals surface area contributed by atoms with E-state index in [1.165, 1.54) is 0 Å². The quantitative estimate of drug-likeness (QED) is 0.681. The van der Waals surface area contributed by atoms with Crippen LogP contribution in [0.2, 0.25) is 0 Å².